The van der Waals surface area contributed by atoms with Gasteiger partial charge in [0.25, 0.3) is 0 Å². The first-order valence-corrected chi connectivity index (χ1v) is 6.41. The van der Waals surface area contributed by atoms with Crippen LogP contribution in [0.1, 0.15) is 0 Å². The van der Waals surface area contributed by atoms with E-state index in [0.29, 0.717) is 32.4 Å². The van der Waals surface area contributed by atoms with Crippen molar-refractivity contribution in [1.82, 2.24) is 0 Å². The zero-order chi connectivity index (χ0) is 11.0. The number of carbonyl (C=O) groups is 1. The lowest BCUT2D eigenvalue weighted by Gasteiger charge is -2.17. The second kappa shape index (κ2) is 4.42. The van der Waals surface area contributed by atoms with E-state index in [1.54, 1.807) is 28.8 Å². The van der Waals surface area contributed by atoms with Crippen molar-refractivity contribution in [2.45, 2.75) is 0 Å². The lowest BCUT2D eigenvalue weighted by molar-refractivity contribution is -0.115. The first-order chi connectivity index (χ1) is 7.11. The van der Waals surface area contributed by atoms with E-state index < -0.39 is 0 Å². The molecule has 1 saturated heterocycles. The van der Waals surface area contributed by atoms with Gasteiger partial charge in [-0.2, -0.15) is 0 Å². The molecule has 2 nitrogen and oxygen atoms in total. The molecule has 1 fully saturated rings. The lowest BCUT2D eigenvalue weighted by Crippen LogP contribution is -2.25. The summed E-state index contributed by atoms with van der Waals surface area (Å²) in [6, 6.07) is 3.35. The molecule has 1 aromatic carbocycles. The van der Waals surface area contributed by atoms with E-state index in [9.17, 15) is 4.79 Å². The number of halogens is 3. The predicted octanol–water partition coefficient (Wildman–Crippen LogP) is 3.68. The molecule has 0 aromatic heterocycles. The van der Waals surface area contributed by atoms with Gasteiger partial charge < -0.3 is 4.90 Å². The van der Waals surface area contributed by atoms with E-state index in [4.69, 9.17) is 34.8 Å². The number of thioether (sulfide) groups is 1. The van der Waals surface area contributed by atoms with Crippen LogP contribution in [0.25, 0.3) is 0 Å². The van der Waals surface area contributed by atoms with E-state index in [1.165, 1.54) is 0 Å². The number of anilines is 1. The standard InChI is InChI=1S/C9H6Cl3NOS/c10-5-1-2-6(9(12)8(5)11)13-4-15-3-7(13)14/h1-2H,3-4H2. The Morgan fingerprint density at radius 3 is 2.53 bits per heavy atom. The van der Waals surface area contributed by atoms with Crippen LogP contribution in [-0.2, 0) is 4.79 Å². The fourth-order valence-corrected chi connectivity index (χ4v) is 2.82. The van der Waals surface area contributed by atoms with Gasteiger partial charge in [-0.1, -0.05) is 34.8 Å². The SMILES string of the molecule is O=C1CSCN1c1ccc(Cl)c(Cl)c1Cl. The number of hydrogen-bond donors (Lipinski definition) is 0. The van der Waals surface area contributed by atoms with E-state index in [0.717, 1.165) is 0 Å². The van der Waals surface area contributed by atoms with E-state index >= 15 is 0 Å². The van der Waals surface area contributed by atoms with Crippen molar-refractivity contribution >= 4 is 58.2 Å². The maximum absolute atomic E-state index is 11.5. The second-order valence-electron chi connectivity index (χ2n) is 2.99. The molecule has 0 bridgehead atoms. The third kappa shape index (κ3) is 2.07. The Morgan fingerprint density at radius 2 is 1.93 bits per heavy atom. The number of amides is 1. The van der Waals surface area contributed by atoms with Gasteiger partial charge >= 0.3 is 0 Å². The topological polar surface area (TPSA) is 20.3 Å². The molecule has 1 aliphatic rings. The minimum Gasteiger partial charge on any atom is -0.300 e. The molecule has 6 heteroatoms. The summed E-state index contributed by atoms with van der Waals surface area (Å²) in [7, 11) is 0. The van der Waals surface area contributed by atoms with Crippen LogP contribution in [-0.4, -0.2) is 17.5 Å². The average molecular weight is 283 g/mol. The van der Waals surface area contributed by atoms with Gasteiger partial charge in [0, 0.05) is 0 Å². The Morgan fingerprint density at radius 1 is 1.20 bits per heavy atom. The summed E-state index contributed by atoms with van der Waals surface area (Å²) < 4.78 is 0. The highest BCUT2D eigenvalue weighted by Crippen LogP contribution is 2.39. The molecule has 0 N–H and O–H groups in total. The van der Waals surface area contributed by atoms with Crippen LogP contribution in [0.2, 0.25) is 15.1 Å². The molecule has 1 heterocycles. The fraction of sp³-hybridized carbons (Fsp3) is 0.222. The van der Waals surface area contributed by atoms with Crippen molar-refractivity contribution in [3.8, 4) is 0 Å². The zero-order valence-corrected chi connectivity index (χ0v) is 10.6. The van der Waals surface area contributed by atoms with Gasteiger partial charge in [-0.15, -0.1) is 11.8 Å². The largest absolute Gasteiger partial charge is 0.300 e. The highest BCUT2D eigenvalue weighted by atomic mass is 35.5. The fourth-order valence-electron chi connectivity index (χ4n) is 1.30. The molecular formula is C9H6Cl3NOS. The molecule has 1 amide bonds. The molecule has 15 heavy (non-hydrogen) atoms. The van der Waals surface area contributed by atoms with Crippen LogP contribution >= 0.6 is 46.6 Å². The molecular weight excluding hydrogens is 277 g/mol. The molecule has 0 atom stereocenters. The Kier molecular flexibility index (Phi) is 3.36. The maximum Gasteiger partial charge on any atom is 0.237 e. The third-order valence-corrected chi connectivity index (χ3v) is 4.23. The second-order valence-corrected chi connectivity index (χ2v) is 5.11. The Bertz CT molecular complexity index is 424. The summed E-state index contributed by atoms with van der Waals surface area (Å²) in [6.07, 6.45) is 0. The Labute approximate surface area is 106 Å². The minimum absolute atomic E-state index is 0.0419. The van der Waals surface area contributed by atoms with Crippen LogP contribution in [0.5, 0.6) is 0 Å². The van der Waals surface area contributed by atoms with Crippen LogP contribution in [0, 0.1) is 0 Å². The van der Waals surface area contributed by atoms with Crippen LogP contribution in [0.4, 0.5) is 5.69 Å². The van der Waals surface area contributed by atoms with E-state index in [-0.39, 0.29) is 5.91 Å². The number of hydrogen-bond acceptors (Lipinski definition) is 2. The highest BCUT2D eigenvalue weighted by molar-refractivity contribution is 8.00. The highest BCUT2D eigenvalue weighted by Gasteiger charge is 2.25. The molecule has 0 unspecified atom stereocenters. The summed E-state index contributed by atoms with van der Waals surface area (Å²) in [5, 5.41) is 1.02. The number of carbonyl (C=O) groups excluding carboxylic acids is 1. The first-order valence-electron chi connectivity index (χ1n) is 4.13. The lowest BCUT2D eigenvalue weighted by atomic mass is 10.3. The number of rotatable bonds is 1. The van der Waals surface area contributed by atoms with Crippen molar-refractivity contribution < 1.29 is 4.79 Å². The summed E-state index contributed by atoms with van der Waals surface area (Å²) in [5.41, 5.74) is 0.626. The number of nitrogens with zero attached hydrogens (tertiary/aromatic N) is 1. The van der Waals surface area contributed by atoms with Crippen molar-refractivity contribution in [3.05, 3.63) is 27.2 Å². The molecule has 0 radical (unpaired) electrons. The van der Waals surface area contributed by atoms with Crippen molar-refractivity contribution in [2.24, 2.45) is 0 Å². The Balaban J connectivity index is 2.45. The van der Waals surface area contributed by atoms with Crippen LogP contribution in [0.3, 0.4) is 0 Å². The third-order valence-electron chi connectivity index (χ3n) is 2.05. The summed E-state index contributed by atoms with van der Waals surface area (Å²) in [5.74, 6) is 1.13. The summed E-state index contributed by atoms with van der Waals surface area (Å²) in [4.78, 5) is 13.1. The molecule has 2 rings (SSSR count). The molecule has 1 aromatic rings. The van der Waals surface area contributed by atoms with Crippen molar-refractivity contribution in [2.75, 3.05) is 16.5 Å². The van der Waals surface area contributed by atoms with E-state index in [2.05, 4.69) is 0 Å². The summed E-state index contributed by atoms with van der Waals surface area (Å²) >= 11 is 19.3. The quantitative estimate of drug-likeness (QED) is 0.732. The van der Waals surface area contributed by atoms with Crippen LogP contribution < -0.4 is 4.90 Å². The minimum atomic E-state index is 0.0419. The predicted molar refractivity (Wildman–Crippen MR) is 66.3 cm³/mol. The molecule has 0 aliphatic carbocycles. The first kappa shape index (κ1) is 11.4. The molecule has 0 spiro atoms. The van der Waals surface area contributed by atoms with E-state index in [1.807, 2.05) is 0 Å². The number of benzene rings is 1. The van der Waals surface area contributed by atoms with Gasteiger partial charge in [-0.3, -0.25) is 4.79 Å². The van der Waals surface area contributed by atoms with Crippen molar-refractivity contribution in [3.63, 3.8) is 0 Å². The van der Waals surface area contributed by atoms with Gasteiger partial charge in [0.1, 0.15) is 0 Å². The zero-order valence-electron chi connectivity index (χ0n) is 7.47. The van der Waals surface area contributed by atoms with Gasteiger partial charge in [0.2, 0.25) is 5.91 Å². The molecule has 80 valence electrons. The molecule has 1 aliphatic heterocycles. The molecule has 0 saturated carbocycles. The smallest absolute Gasteiger partial charge is 0.237 e. The van der Waals surface area contributed by atoms with Gasteiger partial charge in [-0.05, 0) is 12.1 Å². The van der Waals surface area contributed by atoms with Crippen molar-refractivity contribution in [1.29, 1.82) is 0 Å². The van der Waals surface area contributed by atoms with Gasteiger partial charge in [0.15, 0.2) is 0 Å². The van der Waals surface area contributed by atoms with Gasteiger partial charge in [-0.25, -0.2) is 0 Å². The maximum atomic E-state index is 11.5. The summed E-state index contributed by atoms with van der Waals surface area (Å²) in [6.45, 7) is 0. The average Bonchev–Trinajstić information content (AvgIpc) is 2.62. The monoisotopic (exact) mass is 281 g/mol. The normalized spacial score (nSPS) is 16.2. The van der Waals surface area contributed by atoms with Gasteiger partial charge in [0.05, 0.1) is 32.4 Å². The van der Waals surface area contributed by atoms with Crippen LogP contribution in [0.15, 0.2) is 12.1 Å². The Hall–Kier alpha value is -0.0900.